The highest BCUT2D eigenvalue weighted by Gasteiger charge is 2.07. The maximum absolute atomic E-state index is 11.6. The summed E-state index contributed by atoms with van der Waals surface area (Å²) in [7, 11) is 3.21. The molecule has 2 aromatic carbocycles. The molecule has 20 heavy (non-hydrogen) atoms. The third-order valence-corrected chi connectivity index (χ3v) is 2.91. The van der Waals surface area contributed by atoms with Crippen LogP contribution in [-0.4, -0.2) is 20.1 Å². The second kappa shape index (κ2) is 5.97. The number of carbonyl (C=O) groups excluding carboxylic acids is 1. The Balaban J connectivity index is 2.25. The highest BCUT2D eigenvalue weighted by atomic mass is 16.5. The van der Waals surface area contributed by atoms with Crippen molar-refractivity contribution in [1.29, 1.82) is 0 Å². The number of rotatable bonds is 4. The number of ether oxygens (including phenoxy) is 1. The van der Waals surface area contributed by atoms with E-state index >= 15 is 0 Å². The van der Waals surface area contributed by atoms with E-state index in [1.807, 2.05) is 24.3 Å². The highest BCUT2D eigenvalue weighted by molar-refractivity contribution is 5.96. The third kappa shape index (κ3) is 3.00. The van der Waals surface area contributed by atoms with E-state index in [0.717, 1.165) is 11.4 Å². The van der Waals surface area contributed by atoms with Crippen LogP contribution in [0.5, 0.6) is 5.75 Å². The van der Waals surface area contributed by atoms with Crippen molar-refractivity contribution in [2.24, 2.45) is 0 Å². The van der Waals surface area contributed by atoms with Gasteiger partial charge in [-0.3, -0.25) is 4.79 Å². The fraction of sp³-hybridized carbons (Fsp3) is 0.133. The van der Waals surface area contributed by atoms with Crippen molar-refractivity contribution in [3.8, 4) is 5.75 Å². The lowest BCUT2D eigenvalue weighted by Gasteiger charge is -2.11. The number of amides is 1. The molecule has 5 heteroatoms. The highest BCUT2D eigenvalue weighted by Crippen LogP contribution is 2.25. The first-order valence-electron chi connectivity index (χ1n) is 6.16. The van der Waals surface area contributed by atoms with E-state index in [1.165, 1.54) is 0 Å². The van der Waals surface area contributed by atoms with E-state index in [0.29, 0.717) is 16.9 Å². The first kappa shape index (κ1) is 13.7. The van der Waals surface area contributed by atoms with Crippen molar-refractivity contribution in [3.05, 3.63) is 48.0 Å². The van der Waals surface area contributed by atoms with Gasteiger partial charge in [-0.2, -0.15) is 0 Å². The summed E-state index contributed by atoms with van der Waals surface area (Å²) in [5, 5.41) is 5.77. The Labute approximate surface area is 117 Å². The van der Waals surface area contributed by atoms with Crippen molar-refractivity contribution < 1.29 is 9.53 Å². The van der Waals surface area contributed by atoms with E-state index in [9.17, 15) is 4.79 Å². The van der Waals surface area contributed by atoms with Gasteiger partial charge in [0.2, 0.25) is 0 Å². The predicted molar refractivity (Wildman–Crippen MR) is 80.5 cm³/mol. The zero-order chi connectivity index (χ0) is 14.5. The molecule has 0 spiro atoms. The SMILES string of the molecule is CNC(=O)c1ccc(N)c(Nc2ccc(OC)cc2)c1. The van der Waals surface area contributed by atoms with Gasteiger partial charge in [0.05, 0.1) is 18.5 Å². The summed E-state index contributed by atoms with van der Waals surface area (Å²) in [5.41, 5.74) is 8.60. The summed E-state index contributed by atoms with van der Waals surface area (Å²) in [6.07, 6.45) is 0. The normalized spacial score (nSPS) is 9.90. The van der Waals surface area contributed by atoms with Crippen molar-refractivity contribution >= 4 is 23.0 Å². The quantitative estimate of drug-likeness (QED) is 0.746. The lowest BCUT2D eigenvalue weighted by atomic mass is 10.1. The summed E-state index contributed by atoms with van der Waals surface area (Å²) in [5.74, 6) is 0.630. The van der Waals surface area contributed by atoms with Crippen LogP contribution in [0.1, 0.15) is 10.4 Å². The lowest BCUT2D eigenvalue weighted by Crippen LogP contribution is -2.17. The maximum atomic E-state index is 11.6. The van der Waals surface area contributed by atoms with Gasteiger partial charge in [0, 0.05) is 18.3 Å². The molecule has 0 fully saturated rings. The number of hydrogen-bond acceptors (Lipinski definition) is 4. The second-order valence-corrected chi connectivity index (χ2v) is 4.23. The average molecular weight is 271 g/mol. The molecule has 0 radical (unpaired) electrons. The van der Waals surface area contributed by atoms with E-state index in [1.54, 1.807) is 32.4 Å². The number of methoxy groups -OCH3 is 1. The molecule has 5 nitrogen and oxygen atoms in total. The van der Waals surface area contributed by atoms with Gasteiger partial charge in [0.1, 0.15) is 5.75 Å². The molecule has 0 aliphatic carbocycles. The van der Waals surface area contributed by atoms with Crippen LogP contribution in [0.25, 0.3) is 0 Å². The minimum absolute atomic E-state index is 0.150. The van der Waals surface area contributed by atoms with Crippen LogP contribution in [0.15, 0.2) is 42.5 Å². The standard InChI is InChI=1S/C15H17N3O2/c1-17-15(19)10-3-8-13(16)14(9-10)18-11-4-6-12(20-2)7-5-11/h3-9,18H,16H2,1-2H3,(H,17,19). The summed E-state index contributed by atoms with van der Waals surface area (Å²) in [6, 6.07) is 12.6. The number of nitrogen functional groups attached to an aromatic ring is 1. The fourth-order valence-electron chi connectivity index (χ4n) is 1.78. The number of anilines is 3. The Hall–Kier alpha value is -2.69. The molecule has 0 bridgehead atoms. The van der Waals surface area contributed by atoms with Crippen LogP contribution in [0.3, 0.4) is 0 Å². The smallest absolute Gasteiger partial charge is 0.251 e. The zero-order valence-corrected chi connectivity index (χ0v) is 11.4. The zero-order valence-electron chi connectivity index (χ0n) is 11.4. The van der Waals surface area contributed by atoms with Crippen molar-refractivity contribution in [3.63, 3.8) is 0 Å². The minimum Gasteiger partial charge on any atom is -0.497 e. The van der Waals surface area contributed by atoms with Crippen LogP contribution < -0.4 is 21.1 Å². The van der Waals surface area contributed by atoms with E-state index < -0.39 is 0 Å². The van der Waals surface area contributed by atoms with Gasteiger partial charge in [0.25, 0.3) is 5.91 Å². The summed E-state index contributed by atoms with van der Waals surface area (Å²) < 4.78 is 5.10. The topological polar surface area (TPSA) is 76.4 Å². The van der Waals surface area contributed by atoms with Crippen molar-refractivity contribution in [1.82, 2.24) is 5.32 Å². The largest absolute Gasteiger partial charge is 0.497 e. The molecule has 4 N–H and O–H groups in total. The van der Waals surface area contributed by atoms with Gasteiger partial charge in [0.15, 0.2) is 0 Å². The molecule has 0 atom stereocenters. The predicted octanol–water partition coefficient (Wildman–Crippen LogP) is 2.38. The van der Waals surface area contributed by atoms with Gasteiger partial charge in [-0.15, -0.1) is 0 Å². The Morgan fingerprint density at radius 3 is 2.45 bits per heavy atom. The molecule has 0 saturated heterocycles. The molecular weight excluding hydrogens is 254 g/mol. The molecule has 0 unspecified atom stereocenters. The summed E-state index contributed by atoms with van der Waals surface area (Å²) in [4.78, 5) is 11.6. The van der Waals surface area contributed by atoms with Crippen LogP contribution >= 0.6 is 0 Å². The number of nitrogens with two attached hydrogens (primary N) is 1. The van der Waals surface area contributed by atoms with E-state index in [4.69, 9.17) is 10.5 Å². The van der Waals surface area contributed by atoms with Crippen LogP contribution in [0.2, 0.25) is 0 Å². The minimum atomic E-state index is -0.150. The summed E-state index contributed by atoms with van der Waals surface area (Å²) in [6.45, 7) is 0. The molecular formula is C15H17N3O2. The molecule has 1 amide bonds. The Bertz CT molecular complexity index is 609. The lowest BCUT2D eigenvalue weighted by molar-refractivity contribution is 0.0963. The first-order chi connectivity index (χ1) is 9.63. The van der Waals surface area contributed by atoms with Gasteiger partial charge in [-0.1, -0.05) is 0 Å². The Morgan fingerprint density at radius 1 is 1.15 bits per heavy atom. The third-order valence-electron chi connectivity index (χ3n) is 2.91. The Kier molecular flexibility index (Phi) is 4.10. The van der Waals surface area contributed by atoms with E-state index in [-0.39, 0.29) is 5.91 Å². The van der Waals surface area contributed by atoms with E-state index in [2.05, 4.69) is 10.6 Å². The number of benzene rings is 2. The average Bonchev–Trinajstić information content (AvgIpc) is 2.49. The molecule has 0 saturated carbocycles. The molecule has 0 aromatic heterocycles. The molecule has 0 aliphatic rings. The molecule has 2 rings (SSSR count). The Morgan fingerprint density at radius 2 is 1.85 bits per heavy atom. The maximum Gasteiger partial charge on any atom is 0.251 e. The molecule has 0 aliphatic heterocycles. The van der Waals surface area contributed by atoms with Crippen LogP contribution in [0, 0.1) is 0 Å². The number of nitrogens with one attached hydrogen (secondary N) is 2. The van der Waals surface area contributed by atoms with Gasteiger partial charge in [-0.05, 0) is 42.5 Å². The monoisotopic (exact) mass is 271 g/mol. The molecule has 2 aromatic rings. The van der Waals surface area contributed by atoms with Crippen molar-refractivity contribution in [2.45, 2.75) is 0 Å². The van der Waals surface area contributed by atoms with Crippen LogP contribution in [-0.2, 0) is 0 Å². The van der Waals surface area contributed by atoms with Gasteiger partial charge < -0.3 is 21.1 Å². The molecule has 0 heterocycles. The van der Waals surface area contributed by atoms with Crippen molar-refractivity contribution in [2.75, 3.05) is 25.2 Å². The first-order valence-corrected chi connectivity index (χ1v) is 6.16. The second-order valence-electron chi connectivity index (χ2n) is 4.23. The van der Waals surface area contributed by atoms with Gasteiger partial charge in [-0.25, -0.2) is 0 Å². The fourth-order valence-corrected chi connectivity index (χ4v) is 1.78. The molecule has 104 valence electrons. The number of carbonyl (C=O) groups is 1. The number of hydrogen-bond donors (Lipinski definition) is 3. The summed E-state index contributed by atoms with van der Waals surface area (Å²) >= 11 is 0. The van der Waals surface area contributed by atoms with Gasteiger partial charge >= 0.3 is 0 Å². The van der Waals surface area contributed by atoms with Crippen LogP contribution in [0.4, 0.5) is 17.1 Å².